The number of hydrogen-bond acceptors (Lipinski definition) is 7. The van der Waals surface area contributed by atoms with Crippen molar-refractivity contribution in [1.82, 2.24) is 19.8 Å². The number of hydrogen-bond donors (Lipinski definition) is 1. The highest BCUT2D eigenvalue weighted by Crippen LogP contribution is 2.33. The summed E-state index contributed by atoms with van der Waals surface area (Å²) in [5, 5.41) is 4.22. The van der Waals surface area contributed by atoms with Gasteiger partial charge in [0, 0.05) is 74.2 Å². The van der Waals surface area contributed by atoms with Gasteiger partial charge in [-0.25, -0.2) is 14.8 Å². The second-order valence-electron chi connectivity index (χ2n) is 10.9. The average molecular weight is 530 g/mol. The summed E-state index contributed by atoms with van der Waals surface area (Å²) >= 11 is 0. The Morgan fingerprint density at radius 1 is 0.846 bits per heavy atom. The number of likely N-dealkylation sites (N-methyl/N-ethyl adjacent to an activating group) is 1. The molecule has 2 amide bonds. The molecular weight excluding hydrogens is 490 g/mol. The Kier molecular flexibility index (Phi) is 7.78. The number of aromatic nitrogens is 2. The second-order valence-corrected chi connectivity index (χ2v) is 10.9. The van der Waals surface area contributed by atoms with Gasteiger partial charge in [0.25, 0.3) is 0 Å². The lowest BCUT2D eigenvalue weighted by Crippen LogP contribution is -2.40. The van der Waals surface area contributed by atoms with E-state index in [0.717, 1.165) is 87.6 Å². The summed E-state index contributed by atoms with van der Waals surface area (Å²) in [5.74, 6) is 0.324. The molecule has 0 radical (unpaired) electrons. The van der Waals surface area contributed by atoms with Crippen LogP contribution in [0.1, 0.15) is 30.9 Å². The van der Waals surface area contributed by atoms with Crippen molar-refractivity contribution >= 4 is 34.0 Å². The maximum absolute atomic E-state index is 13.0. The molecule has 0 saturated carbocycles. The van der Waals surface area contributed by atoms with Gasteiger partial charge in [-0.15, -0.1) is 0 Å². The number of nitrogens with zero attached hydrogens (tertiary/aromatic N) is 6. The molecule has 3 fully saturated rings. The Morgan fingerprint density at radius 2 is 1.59 bits per heavy atom. The SMILES string of the molecule is CN1CCCN(c2ccc3c(C4CCN(C(=O)Nc5ccc(N6CCOCC6)cc5)CC4)ncnc3c2)CC1. The monoisotopic (exact) mass is 529 g/mol. The minimum atomic E-state index is -0.0344. The van der Waals surface area contributed by atoms with Gasteiger partial charge in [-0.3, -0.25) is 0 Å². The molecule has 0 spiro atoms. The zero-order chi connectivity index (χ0) is 26.6. The first-order valence-corrected chi connectivity index (χ1v) is 14.3. The van der Waals surface area contributed by atoms with Gasteiger partial charge in [-0.1, -0.05) is 0 Å². The zero-order valence-corrected chi connectivity index (χ0v) is 22.9. The molecular formula is C30H39N7O2. The smallest absolute Gasteiger partial charge is 0.321 e. The van der Waals surface area contributed by atoms with Crippen LogP contribution in [0.25, 0.3) is 10.9 Å². The lowest BCUT2D eigenvalue weighted by molar-refractivity contribution is 0.122. The highest BCUT2D eigenvalue weighted by atomic mass is 16.5. The predicted molar refractivity (Wildman–Crippen MR) is 156 cm³/mol. The summed E-state index contributed by atoms with van der Waals surface area (Å²) in [6.45, 7) is 9.10. The van der Waals surface area contributed by atoms with Crippen LogP contribution in [-0.4, -0.2) is 98.4 Å². The Balaban J connectivity index is 1.07. The number of nitrogens with one attached hydrogen (secondary N) is 1. The molecule has 4 heterocycles. The second kappa shape index (κ2) is 11.8. The Hall–Kier alpha value is -3.43. The van der Waals surface area contributed by atoms with Crippen LogP contribution < -0.4 is 15.1 Å². The molecule has 3 saturated heterocycles. The van der Waals surface area contributed by atoms with Gasteiger partial charge in [0.15, 0.2) is 0 Å². The van der Waals surface area contributed by atoms with Crippen LogP contribution in [-0.2, 0) is 4.74 Å². The molecule has 0 atom stereocenters. The molecule has 2 aromatic carbocycles. The van der Waals surface area contributed by atoms with Crippen molar-refractivity contribution in [3.05, 3.63) is 54.5 Å². The highest BCUT2D eigenvalue weighted by Gasteiger charge is 2.26. The van der Waals surface area contributed by atoms with E-state index in [1.54, 1.807) is 6.33 Å². The number of rotatable bonds is 4. The van der Waals surface area contributed by atoms with Crippen molar-refractivity contribution in [1.29, 1.82) is 0 Å². The summed E-state index contributed by atoms with van der Waals surface area (Å²) in [6.07, 6.45) is 4.68. The fraction of sp³-hybridized carbons (Fsp3) is 0.500. The fourth-order valence-electron chi connectivity index (χ4n) is 6.03. The molecule has 3 aromatic rings. The van der Waals surface area contributed by atoms with Crippen molar-refractivity contribution < 1.29 is 9.53 Å². The number of benzene rings is 2. The first-order chi connectivity index (χ1) is 19.1. The van der Waals surface area contributed by atoms with Crippen LogP contribution in [0.3, 0.4) is 0 Å². The first kappa shape index (κ1) is 25.8. The summed E-state index contributed by atoms with van der Waals surface area (Å²) in [4.78, 5) is 31.4. The number of morpholine rings is 1. The molecule has 1 aromatic heterocycles. The standard InChI is InChI=1S/C30H39N7O2/c1-34-11-2-12-35(16-15-34)26-7-8-27-28(21-26)31-22-32-29(27)23-9-13-37(14-10-23)30(38)33-24-3-5-25(6-4-24)36-17-19-39-20-18-36/h3-8,21-23H,2,9-20H2,1H3,(H,33,38). The molecule has 39 heavy (non-hydrogen) atoms. The minimum Gasteiger partial charge on any atom is -0.378 e. The van der Waals surface area contributed by atoms with Gasteiger partial charge >= 0.3 is 6.03 Å². The number of carbonyl (C=O) groups excluding carboxylic acids is 1. The van der Waals surface area contributed by atoms with E-state index in [2.05, 4.69) is 62.4 Å². The summed E-state index contributed by atoms with van der Waals surface area (Å²) in [5.41, 5.74) is 5.36. The molecule has 0 aliphatic carbocycles. The van der Waals surface area contributed by atoms with Crippen molar-refractivity contribution in [3.8, 4) is 0 Å². The summed E-state index contributed by atoms with van der Waals surface area (Å²) < 4.78 is 5.44. The van der Waals surface area contributed by atoms with E-state index in [4.69, 9.17) is 9.72 Å². The number of carbonyl (C=O) groups is 1. The lowest BCUT2D eigenvalue weighted by atomic mass is 9.91. The Bertz CT molecular complexity index is 1270. The highest BCUT2D eigenvalue weighted by molar-refractivity contribution is 5.89. The van der Waals surface area contributed by atoms with Crippen LogP contribution in [0, 0.1) is 0 Å². The maximum atomic E-state index is 13.0. The third-order valence-electron chi connectivity index (χ3n) is 8.40. The third-order valence-corrected chi connectivity index (χ3v) is 8.40. The number of ether oxygens (including phenoxy) is 1. The van der Waals surface area contributed by atoms with E-state index in [1.165, 1.54) is 17.8 Å². The van der Waals surface area contributed by atoms with Crippen molar-refractivity contribution in [2.45, 2.75) is 25.2 Å². The van der Waals surface area contributed by atoms with Crippen LogP contribution in [0.4, 0.5) is 21.9 Å². The Labute approximate surface area is 230 Å². The van der Waals surface area contributed by atoms with Crippen molar-refractivity contribution in [2.24, 2.45) is 0 Å². The molecule has 3 aliphatic heterocycles. The van der Waals surface area contributed by atoms with Gasteiger partial charge in [0.2, 0.25) is 0 Å². The van der Waals surface area contributed by atoms with E-state index >= 15 is 0 Å². The van der Waals surface area contributed by atoms with E-state index in [9.17, 15) is 4.79 Å². The molecule has 0 unspecified atom stereocenters. The Morgan fingerprint density at radius 3 is 2.38 bits per heavy atom. The van der Waals surface area contributed by atoms with Gasteiger partial charge in [0.1, 0.15) is 6.33 Å². The van der Waals surface area contributed by atoms with Crippen LogP contribution in [0.5, 0.6) is 0 Å². The van der Waals surface area contributed by atoms with Crippen LogP contribution >= 0.6 is 0 Å². The number of likely N-dealkylation sites (tertiary alicyclic amines) is 1. The fourth-order valence-corrected chi connectivity index (χ4v) is 6.03. The van der Waals surface area contributed by atoms with Crippen LogP contribution in [0.15, 0.2) is 48.8 Å². The van der Waals surface area contributed by atoms with Gasteiger partial charge < -0.3 is 29.7 Å². The molecule has 9 nitrogen and oxygen atoms in total. The summed E-state index contributed by atoms with van der Waals surface area (Å²) in [7, 11) is 2.20. The number of piperidine rings is 1. The normalized spacial score (nSPS) is 19.8. The van der Waals surface area contributed by atoms with Crippen molar-refractivity contribution in [2.75, 3.05) is 87.7 Å². The molecule has 9 heteroatoms. The first-order valence-electron chi connectivity index (χ1n) is 14.3. The van der Waals surface area contributed by atoms with Crippen molar-refractivity contribution in [3.63, 3.8) is 0 Å². The molecule has 206 valence electrons. The number of amides is 2. The van der Waals surface area contributed by atoms with Gasteiger partial charge in [0.05, 0.1) is 24.4 Å². The molecule has 1 N–H and O–H groups in total. The van der Waals surface area contributed by atoms with Gasteiger partial charge in [-0.05, 0) is 75.3 Å². The molecule has 0 bridgehead atoms. The van der Waals surface area contributed by atoms with Gasteiger partial charge in [-0.2, -0.15) is 0 Å². The number of urea groups is 1. The molecule has 3 aliphatic rings. The average Bonchev–Trinajstić information content (AvgIpc) is 3.22. The quantitative estimate of drug-likeness (QED) is 0.547. The lowest BCUT2D eigenvalue weighted by Gasteiger charge is -2.32. The van der Waals surface area contributed by atoms with E-state index in [-0.39, 0.29) is 6.03 Å². The molecule has 6 rings (SSSR count). The minimum absolute atomic E-state index is 0.0344. The summed E-state index contributed by atoms with van der Waals surface area (Å²) in [6, 6.07) is 14.7. The third kappa shape index (κ3) is 5.94. The maximum Gasteiger partial charge on any atom is 0.321 e. The number of anilines is 3. The van der Waals surface area contributed by atoms with E-state index in [0.29, 0.717) is 19.0 Å². The van der Waals surface area contributed by atoms with E-state index < -0.39 is 0 Å². The zero-order valence-electron chi connectivity index (χ0n) is 22.9. The largest absolute Gasteiger partial charge is 0.378 e. The topological polar surface area (TPSA) is 77.1 Å². The van der Waals surface area contributed by atoms with E-state index in [1.807, 2.05) is 17.0 Å². The predicted octanol–water partition coefficient (Wildman–Crippen LogP) is 4.02. The van der Waals surface area contributed by atoms with Crippen LogP contribution in [0.2, 0.25) is 0 Å². The number of fused-ring (bicyclic) bond motifs is 1.